The molecule has 154 valence electrons. The Hall–Kier alpha value is -2.39. The van der Waals surface area contributed by atoms with E-state index in [0.29, 0.717) is 12.5 Å². The third kappa shape index (κ3) is 3.12. The molecule has 2 aromatic rings. The standard InChI is InChI=1S/C20H25N5O3S/c1-12-8-9-28-19-17(11-22-25(12)19)29(21,27)24-20(26)23-18-15-6-2-4-13(15)10-14-5-3-7-16(14)18/h10-12H,2-9H2,1H3,(H3,21,23,24,26,27)/t12-,29+/m1/s1. The summed E-state index contributed by atoms with van der Waals surface area (Å²) in [4.78, 5) is 12.9. The lowest BCUT2D eigenvalue weighted by atomic mass is 9.99. The minimum Gasteiger partial charge on any atom is -0.477 e. The predicted octanol–water partition coefficient (Wildman–Crippen LogP) is 3.14. The summed E-state index contributed by atoms with van der Waals surface area (Å²) in [6.45, 7) is 2.49. The lowest BCUT2D eigenvalue weighted by Crippen LogP contribution is -2.22. The normalized spacial score (nSPS) is 21.5. The maximum Gasteiger partial charge on any atom is 0.354 e. The number of hydrogen-bond acceptors (Lipinski definition) is 4. The van der Waals surface area contributed by atoms with Gasteiger partial charge in [0.15, 0.2) is 9.92 Å². The van der Waals surface area contributed by atoms with Crippen LogP contribution in [0.5, 0.6) is 5.88 Å². The summed E-state index contributed by atoms with van der Waals surface area (Å²) in [5.74, 6) is 0.342. The third-order valence-electron chi connectivity index (χ3n) is 6.15. The Morgan fingerprint density at radius 3 is 2.66 bits per heavy atom. The molecule has 0 bridgehead atoms. The smallest absolute Gasteiger partial charge is 0.354 e. The van der Waals surface area contributed by atoms with Crippen LogP contribution in [0.1, 0.15) is 54.5 Å². The molecule has 29 heavy (non-hydrogen) atoms. The zero-order valence-corrected chi connectivity index (χ0v) is 17.3. The highest BCUT2D eigenvalue weighted by Gasteiger charge is 2.28. The van der Waals surface area contributed by atoms with Gasteiger partial charge in [-0.25, -0.2) is 18.8 Å². The number of hydrogen-bond donors (Lipinski definition) is 2. The van der Waals surface area contributed by atoms with E-state index in [4.69, 9.17) is 9.88 Å². The van der Waals surface area contributed by atoms with Gasteiger partial charge in [0.2, 0.25) is 5.88 Å². The molecule has 1 aliphatic heterocycles. The van der Waals surface area contributed by atoms with Crippen LogP contribution in [0.2, 0.25) is 0 Å². The first-order valence-electron chi connectivity index (χ1n) is 10.2. The fourth-order valence-electron chi connectivity index (χ4n) is 4.70. The van der Waals surface area contributed by atoms with Crippen LogP contribution in [0.4, 0.5) is 10.5 Å². The van der Waals surface area contributed by atoms with Crippen molar-refractivity contribution in [2.75, 3.05) is 11.9 Å². The van der Waals surface area contributed by atoms with Gasteiger partial charge in [-0.1, -0.05) is 6.07 Å². The highest BCUT2D eigenvalue weighted by Crippen LogP contribution is 2.39. The molecule has 2 heterocycles. The van der Waals surface area contributed by atoms with Crippen LogP contribution in [0.15, 0.2) is 21.5 Å². The Kier molecular flexibility index (Phi) is 4.40. The molecule has 3 N–H and O–H groups in total. The first-order chi connectivity index (χ1) is 13.9. The van der Waals surface area contributed by atoms with E-state index in [-0.39, 0.29) is 10.9 Å². The Morgan fingerprint density at radius 1 is 1.28 bits per heavy atom. The van der Waals surface area contributed by atoms with Crippen molar-refractivity contribution in [3.63, 3.8) is 0 Å². The van der Waals surface area contributed by atoms with Crippen molar-refractivity contribution in [2.24, 2.45) is 9.50 Å². The lowest BCUT2D eigenvalue weighted by Gasteiger charge is -2.22. The van der Waals surface area contributed by atoms with Crippen LogP contribution in [-0.2, 0) is 35.6 Å². The van der Waals surface area contributed by atoms with Crippen molar-refractivity contribution in [1.29, 1.82) is 0 Å². The van der Waals surface area contributed by atoms with E-state index < -0.39 is 15.9 Å². The number of amides is 2. The van der Waals surface area contributed by atoms with Gasteiger partial charge in [-0.2, -0.15) is 5.10 Å². The molecule has 0 unspecified atom stereocenters. The number of nitrogens with two attached hydrogens (primary N) is 1. The number of nitrogens with one attached hydrogen (secondary N) is 1. The van der Waals surface area contributed by atoms with Crippen LogP contribution >= 0.6 is 0 Å². The Balaban J connectivity index is 1.49. The Bertz CT molecular complexity index is 1100. The summed E-state index contributed by atoms with van der Waals surface area (Å²) in [5, 5.41) is 13.1. The van der Waals surface area contributed by atoms with Gasteiger partial charge in [-0.05, 0) is 67.7 Å². The maximum absolute atomic E-state index is 13.1. The molecule has 0 saturated carbocycles. The predicted molar refractivity (Wildman–Crippen MR) is 110 cm³/mol. The number of aromatic nitrogens is 2. The summed E-state index contributed by atoms with van der Waals surface area (Å²) in [6.07, 6.45) is 8.34. The van der Waals surface area contributed by atoms with E-state index in [1.807, 2.05) is 6.92 Å². The fourth-order valence-corrected chi connectivity index (χ4v) is 5.70. The van der Waals surface area contributed by atoms with Gasteiger partial charge in [0.05, 0.1) is 18.8 Å². The van der Waals surface area contributed by atoms with Gasteiger partial charge < -0.3 is 10.1 Å². The first kappa shape index (κ1) is 18.6. The molecule has 9 heteroatoms. The van der Waals surface area contributed by atoms with Crippen LogP contribution in [0.25, 0.3) is 0 Å². The van der Waals surface area contributed by atoms with Crippen LogP contribution < -0.4 is 15.2 Å². The number of nitrogens with zero attached hydrogens (tertiary/aromatic N) is 3. The molecule has 2 aliphatic carbocycles. The topological polar surface area (TPSA) is 112 Å². The molecular formula is C20H25N5O3S. The second kappa shape index (κ2) is 6.84. The van der Waals surface area contributed by atoms with Gasteiger partial charge in [0.1, 0.15) is 4.90 Å². The summed E-state index contributed by atoms with van der Waals surface area (Å²) in [5.41, 5.74) is 5.86. The van der Waals surface area contributed by atoms with Gasteiger partial charge in [-0.3, -0.25) is 0 Å². The summed E-state index contributed by atoms with van der Waals surface area (Å²) < 4.78 is 24.2. The van der Waals surface area contributed by atoms with Crippen molar-refractivity contribution in [3.05, 3.63) is 34.5 Å². The van der Waals surface area contributed by atoms with E-state index >= 15 is 0 Å². The second-order valence-electron chi connectivity index (χ2n) is 8.07. The van der Waals surface area contributed by atoms with Crippen molar-refractivity contribution < 1.29 is 13.7 Å². The summed E-state index contributed by atoms with van der Waals surface area (Å²) in [7, 11) is -3.47. The zero-order chi connectivity index (χ0) is 20.2. The molecule has 3 aliphatic rings. The lowest BCUT2D eigenvalue weighted by molar-refractivity contribution is 0.196. The SMILES string of the molecule is C[C@@H]1CCOc2c([S@@](N)(=O)=NC(=O)Nc3c4c(cc5c3CCC5)CCC4)cnn21. The molecule has 5 rings (SSSR count). The van der Waals surface area contributed by atoms with Crippen molar-refractivity contribution >= 4 is 21.6 Å². The zero-order valence-electron chi connectivity index (χ0n) is 16.4. The number of anilines is 1. The van der Waals surface area contributed by atoms with Crippen molar-refractivity contribution in [3.8, 4) is 5.88 Å². The molecule has 8 nitrogen and oxygen atoms in total. The molecule has 1 aromatic carbocycles. The molecule has 0 radical (unpaired) electrons. The van der Waals surface area contributed by atoms with Crippen molar-refractivity contribution in [1.82, 2.24) is 9.78 Å². The number of aryl methyl sites for hydroxylation is 2. The average Bonchev–Trinajstić information content (AvgIpc) is 3.40. The molecule has 0 fully saturated rings. The number of rotatable bonds is 2. The number of carbonyl (C=O) groups is 1. The third-order valence-corrected chi connectivity index (χ3v) is 7.50. The highest BCUT2D eigenvalue weighted by atomic mass is 32.2. The van der Waals surface area contributed by atoms with E-state index in [9.17, 15) is 9.00 Å². The van der Waals surface area contributed by atoms with Gasteiger partial charge in [0, 0.05) is 12.1 Å². The second-order valence-corrected chi connectivity index (χ2v) is 9.83. The van der Waals surface area contributed by atoms with Crippen LogP contribution in [0.3, 0.4) is 0 Å². The molecule has 1 aromatic heterocycles. The van der Waals surface area contributed by atoms with Gasteiger partial charge in [-0.15, -0.1) is 4.36 Å². The first-order valence-corrected chi connectivity index (χ1v) is 11.7. The number of benzene rings is 1. The van der Waals surface area contributed by atoms with Gasteiger partial charge in [0.25, 0.3) is 0 Å². The minimum atomic E-state index is -3.47. The summed E-state index contributed by atoms with van der Waals surface area (Å²) >= 11 is 0. The summed E-state index contributed by atoms with van der Waals surface area (Å²) in [6, 6.07) is 1.73. The monoisotopic (exact) mass is 415 g/mol. The molecule has 2 atom stereocenters. The Morgan fingerprint density at radius 2 is 1.97 bits per heavy atom. The Labute approximate surface area is 170 Å². The molecule has 2 amide bonds. The van der Waals surface area contributed by atoms with Crippen LogP contribution in [-0.4, -0.2) is 26.6 Å². The largest absolute Gasteiger partial charge is 0.477 e. The highest BCUT2D eigenvalue weighted by molar-refractivity contribution is 7.91. The van der Waals surface area contributed by atoms with Crippen LogP contribution in [0, 0.1) is 0 Å². The fraction of sp³-hybridized carbons (Fsp3) is 0.500. The average molecular weight is 416 g/mol. The van der Waals surface area contributed by atoms with E-state index in [0.717, 1.165) is 50.6 Å². The number of urea groups is 1. The molecular weight excluding hydrogens is 390 g/mol. The van der Waals surface area contributed by atoms with Crippen molar-refractivity contribution in [2.45, 2.75) is 62.8 Å². The maximum atomic E-state index is 13.1. The number of carbonyl (C=O) groups excluding carboxylic acids is 1. The quantitative estimate of drug-likeness (QED) is 0.785. The minimum absolute atomic E-state index is 0.117. The number of ether oxygens (including phenoxy) is 1. The van der Waals surface area contributed by atoms with E-state index in [1.54, 1.807) is 4.68 Å². The van der Waals surface area contributed by atoms with E-state index in [2.05, 4.69) is 20.8 Å². The molecule has 0 saturated heterocycles. The van der Waals surface area contributed by atoms with Gasteiger partial charge >= 0.3 is 6.03 Å². The molecule has 0 spiro atoms. The number of fused-ring (bicyclic) bond motifs is 3. The van der Waals surface area contributed by atoms with E-state index in [1.165, 1.54) is 28.5 Å².